The van der Waals surface area contributed by atoms with Crippen molar-refractivity contribution < 1.29 is 24.3 Å². The summed E-state index contributed by atoms with van der Waals surface area (Å²) in [6, 6.07) is -3.61. The maximum atomic E-state index is 13.0. The van der Waals surface area contributed by atoms with Gasteiger partial charge in [0.25, 0.3) is 0 Å². The highest BCUT2D eigenvalue weighted by atomic mass is 16.4. The van der Waals surface area contributed by atoms with Crippen molar-refractivity contribution in [3.63, 3.8) is 0 Å². The van der Waals surface area contributed by atoms with E-state index in [1.165, 1.54) is 0 Å². The number of carboxylic acid groups (broad SMARTS) is 1. The van der Waals surface area contributed by atoms with Crippen LogP contribution in [0.3, 0.4) is 0 Å². The SMILES string of the molecule is CC(C)CC(N)C(=O)NC(C(=O)NC(CC(C)C)C(=O)NC(CCCCN)C(=O)O)C(C)C. The molecular formula is C23H45N5O5. The van der Waals surface area contributed by atoms with Gasteiger partial charge in [0.1, 0.15) is 18.1 Å². The lowest BCUT2D eigenvalue weighted by Gasteiger charge is -2.28. The first kappa shape index (κ1) is 30.8. The third-order valence-corrected chi connectivity index (χ3v) is 5.21. The lowest BCUT2D eigenvalue weighted by atomic mass is 9.98. The molecule has 4 atom stereocenters. The molecule has 0 aliphatic rings. The summed E-state index contributed by atoms with van der Waals surface area (Å²) in [7, 11) is 0. The van der Waals surface area contributed by atoms with Crippen LogP contribution in [-0.4, -0.2) is 59.5 Å². The van der Waals surface area contributed by atoms with Gasteiger partial charge in [0.2, 0.25) is 17.7 Å². The van der Waals surface area contributed by atoms with Gasteiger partial charge in [-0.15, -0.1) is 0 Å². The zero-order valence-electron chi connectivity index (χ0n) is 21.0. The standard InChI is InChI=1S/C23H45N5O5/c1-13(2)11-16(25)20(29)28-19(15(5)6)22(31)27-18(12-14(3)4)21(30)26-17(23(32)33)9-7-8-10-24/h13-19H,7-12,24-25H2,1-6H3,(H,26,30)(H,27,31)(H,28,29)(H,32,33). The molecule has 4 unspecified atom stereocenters. The lowest BCUT2D eigenvalue weighted by Crippen LogP contribution is -2.58. The normalized spacial score (nSPS) is 15.1. The Hall–Kier alpha value is -2.20. The van der Waals surface area contributed by atoms with Crippen LogP contribution in [0.25, 0.3) is 0 Å². The molecule has 0 saturated carbocycles. The Morgan fingerprint density at radius 2 is 1.30 bits per heavy atom. The van der Waals surface area contributed by atoms with Crippen LogP contribution >= 0.6 is 0 Å². The highest BCUT2D eigenvalue weighted by Gasteiger charge is 2.32. The first-order valence-corrected chi connectivity index (χ1v) is 11.9. The highest BCUT2D eigenvalue weighted by molar-refractivity contribution is 5.94. The third-order valence-electron chi connectivity index (χ3n) is 5.21. The molecule has 0 bridgehead atoms. The maximum Gasteiger partial charge on any atom is 0.326 e. The number of nitrogens with one attached hydrogen (secondary N) is 3. The Morgan fingerprint density at radius 3 is 1.76 bits per heavy atom. The molecule has 33 heavy (non-hydrogen) atoms. The van der Waals surface area contributed by atoms with E-state index in [4.69, 9.17) is 11.5 Å². The van der Waals surface area contributed by atoms with E-state index in [-0.39, 0.29) is 24.2 Å². The van der Waals surface area contributed by atoms with Crippen molar-refractivity contribution in [1.29, 1.82) is 0 Å². The molecule has 10 heteroatoms. The molecule has 8 N–H and O–H groups in total. The van der Waals surface area contributed by atoms with Crippen molar-refractivity contribution in [1.82, 2.24) is 16.0 Å². The highest BCUT2D eigenvalue weighted by Crippen LogP contribution is 2.10. The molecule has 0 aromatic carbocycles. The molecule has 0 saturated heterocycles. The van der Waals surface area contributed by atoms with E-state index in [2.05, 4.69) is 16.0 Å². The molecule has 0 aliphatic carbocycles. The monoisotopic (exact) mass is 471 g/mol. The predicted molar refractivity (Wildman–Crippen MR) is 128 cm³/mol. The van der Waals surface area contributed by atoms with Crippen molar-refractivity contribution in [3.8, 4) is 0 Å². The van der Waals surface area contributed by atoms with Crippen LogP contribution in [0.2, 0.25) is 0 Å². The second kappa shape index (κ2) is 15.6. The second-order valence-electron chi connectivity index (χ2n) is 9.84. The van der Waals surface area contributed by atoms with E-state index < -0.39 is 47.9 Å². The molecular weight excluding hydrogens is 426 g/mol. The smallest absolute Gasteiger partial charge is 0.326 e. The minimum Gasteiger partial charge on any atom is -0.480 e. The summed E-state index contributed by atoms with van der Waals surface area (Å²) < 4.78 is 0. The third kappa shape index (κ3) is 12.6. The molecule has 0 heterocycles. The summed E-state index contributed by atoms with van der Waals surface area (Å²) >= 11 is 0. The van der Waals surface area contributed by atoms with Gasteiger partial charge in [-0.2, -0.15) is 0 Å². The van der Waals surface area contributed by atoms with Gasteiger partial charge in [0, 0.05) is 0 Å². The van der Waals surface area contributed by atoms with Gasteiger partial charge in [-0.05, 0) is 56.4 Å². The van der Waals surface area contributed by atoms with Gasteiger partial charge in [0.05, 0.1) is 6.04 Å². The van der Waals surface area contributed by atoms with Gasteiger partial charge in [-0.25, -0.2) is 4.79 Å². The molecule has 192 valence electrons. The van der Waals surface area contributed by atoms with Crippen LogP contribution < -0.4 is 27.4 Å². The Labute approximate surface area is 198 Å². The molecule has 10 nitrogen and oxygen atoms in total. The van der Waals surface area contributed by atoms with Gasteiger partial charge in [-0.3, -0.25) is 14.4 Å². The van der Waals surface area contributed by atoms with Crippen LogP contribution in [-0.2, 0) is 19.2 Å². The number of hydrogen-bond donors (Lipinski definition) is 6. The molecule has 0 fully saturated rings. The average Bonchev–Trinajstić information content (AvgIpc) is 2.69. The van der Waals surface area contributed by atoms with Crippen LogP contribution in [0.5, 0.6) is 0 Å². The van der Waals surface area contributed by atoms with Crippen molar-refractivity contribution in [2.75, 3.05) is 6.54 Å². The van der Waals surface area contributed by atoms with Gasteiger partial charge < -0.3 is 32.5 Å². The number of rotatable bonds is 16. The zero-order chi connectivity index (χ0) is 25.7. The minimum absolute atomic E-state index is 0.0631. The Bertz CT molecular complexity index is 639. The molecule has 0 aliphatic heterocycles. The minimum atomic E-state index is -1.14. The summed E-state index contributed by atoms with van der Waals surface area (Å²) in [6.45, 7) is 11.7. The first-order valence-electron chi connectivity index (χ1n) is 11.9. The summed E-state index contributed by atoms with van der Waals surface area (Å²) in [4.78, 5) is 49.9. The maximum absolute atomic E-state index is 13.0. The van der Waals surface area contributed by atoms with Crippen molar-refractivity contribution in [3.05, 3.63) is 0 Å². The number of nitrogens with two attached hydrogens (primary N) is 2. The topological polar surface area (TPSA) is 177 Å². The fourth-order valence-corrected chi connectivity index (χ4v) is 3.40. The van der Waals surface area contributed by atoms with E-state index in [0.29, 0.717) is 32.2 Å². The van der Waals surface area contributed by atoms with E-state index in [1.807, 2.05) is 27.7 Å². The quantitative estimate of drug-likeness (QED) is 0.180. The van der Waals surface area contributed by atoms with Crippen molar-refractivity contribution in [2.45, 2.75) is 97.8 Å². The number of unbranched alkanes of at least 4 members (excludes halogenated alkanes) is 1. The van der Waals surface area contributed by atoms with E-state index in [1.54, 1.807) is 13.8 Å². The van der Waals surface area contributed by atoms with E-state index in [0.717, 1.165) is 0 Å². The summed E-state index contributed by atoms with van der Waals surface area (Å²) in [5, 5.41) is 17.4. The molecule has 0 aromatic heterocycles. The fourth-order valence-electron chi connectivity index (χ4n) is 3.40. The number of hydrogen-bond acceptors (Lipinski definition) is 6. The number of amides is 3. The largest absolute Gasteiger partial charge is 0.480 e. The summed E-state index contributed by atoms with van der Waals surface area (Å²) in [6.07, 6.45) is 2.27. The molecule has 3 amide bonds. The predicted octanol–water partition coefficient (Wildman–Crippen LogP) is 0.730. The van der Waals surface area contributed by atoms with Crippen LogP contribution in [0, 0.1) is 17.8 Å². The van der Waals surface area contributed by atoms with E-state index in [9.17, 15) is 24.3 Å². The van der Waals surface area contributed by atoms with Crippen LogP contribution in [0.4, 0.5) is 0 Å². The number of aliphatic carboxylic acids is 1. The Kier molecular flexibility index (Phi) is 14.6. The Balaban J connectivity index is 5.37. The molecule has 0 radical (unpaired) electrons. The first-order chi connectivity index (χ1) is 15.3. The van der Waals surface area contributed by atoms with Crippen molar-refractivity contribution in [2.24, 2.45) is 29.2 Å². The lowest BCUT2D eigenvalue weighted by molar-refractivity contribution is -0.142. The van der Waals surface area contributed by atoms with Gasteiger partial charge in [0.15, 0.2) is 0 Å². The molecule has 0 spiro atoms. The van der Waals surface area contributed by atoms with Gasteiger partial charge >= 0.3 is 5.97 Å². The summed E-state index contributed by atoms with van der Waals surface area (Å²) in [5.74, 6) is -2.59. The zero-order valence-corrected chi connectivity index (χ0v) is 21.0. The summed E-state index contributed by atoms with van der Waals surface area (Å²) in [5.41, 5.74) is 11.4. The van der Waals surface area contributed by atoms with Gasteiger partial charge in [-0.1, -0.05) is 41.5 Å². The van der Waals surface area contributed by atoms with Crippen molar-refractivity contribution >= 4 is 23.7 Å². The number of carbonyl (C=O) groups is 4. The number of carbonyl (C=O) groups excluding carboxylic acids is 3. The molecule has 0 aromatic rings. The molecule has 0 rings (SSSR count). The number of carboxylic acids is 1. The Morgan fingerprint density at radius 1 is 0.758 bits per heavy atom. The average molecular weight is 472 g/mol. The van der Waals surface area contributed by atoms with E-state index >= 15 is 0 Å². The van der Waals surface area contributed by atoms with Crippen LogP contribution in [0.15, 0.2) is 0 Å². The van der Waals surface area contributed by atoms with Crippen LogP contribution in [0.1, 0.15) is 73.6 Å². The second-order valence-corrected chi connectivity index (χ2v) is 9.84. The fraction of sp³-hybridized carbons (Fsp3) is 0.826.